The van der Waals surface area contributed by atoms with Gasteiger partial charge in [0.05, 0.1) is 25.4 Å². The highest BCUT2D eigenvalue weighted by Gasteiger charge is 2.45. The molecule has 5 heteroatoms. The van der Waals surface area contributed by atoms with Crippen LogP contribution in [0.4, 0.5) is 0 Å². The number of likely N-dealkylation sites (N-methyl/N-ethyl adjacent to an activating group) is 1. The number of nitrogens with zero attached hydrogens (tertiary/aromatic N) is 2. The summed E-state index contributed by atoms with van der Waals surface area (Å²) in [7, 11) is 4.10. The maximum atomic E-state index is 12.7. The van der Waals surface area contributed by atoms with Gasteiger partial charge in [-0.3, -0.25) is 4.79 Å². The van der Waals surface area contributed by atoms with Gasteiger partial charge in [0.1, 0.15) is 6.10 Å². The van der Waals surface area contributed by atoms with Crippen LogP contribution in [0.3, 0.4) is 0 Å². The minimum Gasteiger partial charge on any atom is -0.374 e. The number of carbonyl (C=O) groups is 1. The Balaban J connectivity index is 1.53. The van der Waals surface area contributed by atoms with E-state index >= 15 is 0 Å². The molecule has 2 fully saturated rings. The van der Waals surface area contributed by atoms with Gasteiger partial charge in [0, 0.05) is 19.5 Å². The second kappa shape index (κ2) is 7.77. The van der Waals surface area contributed by atoms with Gasteiger partial charge in [0.25, 0.3) is 0 Å². The minimum atomic E-state index is 0.0639. The van der Waals surface area contributed by atoms with Crippen molar-refractivity contribution < 1.29 is 14.3 Å². The monoisotopic (exact) mass is 322 g/mol. The van der Waals surface area contributed by atoms with E-state index in [0.717, 1.165) is 45.4 Å². The molecule has 1 heterocycles. The second-order valence-corrected chi connectivity index (χ2v) is 7.25. The van der Waals surface area contributed by atoms with Gasteiger partial charge in [0.2, 0.25) is 5.91 Å². The maximum Gasteiger partial charge on any atom is 0.223 e. The van der Waals surface area contributed by atoms with Gasteiger partial charge in [-0.15, -0.1) is 0 Å². The lowest BCUT2D eigenvalue weighted by molar-refractivity contribution is -0.152. The zero-order chi connectivity index (χ0) is 16.2. The summed E-state index contributed by atoms with van der Waals surface area (Å²) in [5.74, 6) is 0.742. The number of ether oxygens (including phenoxy) is 2. The van der Waals surface area contributed by atoms with Crippen LogP contribution >= 0.6 is 0 Å². The molecule has 0 radical (unpaired) electrons. The Morgan fingerprint density at radius 1 is 1.35 bits per heavy atom. The lowest BCUT2D eigenvalue weighted by Gasteiger charge is -2.39. The molecule has 130 valence electrons. The van der Waals surface area contributed by atoms with Gasteiger partial charge >= 0.3 is 0 Å². The number of hydrogen-bond donors (Lipinski definition) is 0. The minimum absolute atomic E-state index is 0.0639. The number of hydrogen-bond acceptors (Lipinski definition) is 4. The van der Waals surface area contributed by atoms with Gasteiger partial charge in [-0.1, -0.05) is 12.2 Å². The number of rotatable bonds is 6. The predicted octanol–water partition coefficient (Wildman–Crippen LogP) is 1.68. The van der Waals surface area contributed by atoms with E-state index < -0.39 is 0 Å². The van der Waals surface area contributed by atoms with Gasteiger partial charge in [-0.2, -0.15) is 0 Å². The Morgan fingerprint density at radius 3 is 2.96 bits per heavy atom. The van der Waals surface area contributed by atoms with Crippen molar-refractivity contribution in [3.05, 3.63) is 12.2 Å². The molecule has 1 saturated heterocycles. The van der Waals surface area contributed by atoms with E-state index in [1.165, 1.54) is 0 Å². The van der Waals surface area contributed by atoms with Crippen molar-refractivity contribution in [3.63, 3.8) is 0 Å². The van der Waals surface area contributed by atoms with E-state index in [4.69, 9.17) is 9.47 Å². The highest BCUT2D eigenvalue weighted by Crippen LogP contribution is 2.33. The fourth-order valence-corrected chi connectivity index (χ4v) is 4.00. The molecule has 4 atom stereocenters. The average molecular weight is 322 g/mol. The molecule has 0 N–H and O–H groups in total. The number of allylic oxidation sites excluding steroid dienone is 2. The van der Waals surface area contributed by atoms with Crippen LogP contribution in [0.5, 0.6) is 0 Å². The molecule has 23 heavy (non-hydrogen) atoms. The Kier molecular flexibility index (Phi) is 5.72. The third-order valence-corrected chi connectivity index (χ3v) is 5.28. The predicted molar refractivity (Wildman–Crippen MR) is 89.3 cm³/mol. The molecule has 0 aromatic carbocycles. The van der Waals surface area contributed by atoms with E-state index in [-0.39, 0.29) is 18.2 Å². The first kappa shape index (κ1) is 16.9. The number of carbonyl (C=O) groups excluding carboxylic acids is 1. The molecule has 1 amide bonds. The van der Waals surface area contributed by atoms with Crippen LogP contribution in [0.2, 0.25) is 0 Å². The van der Waals surface area contributed by atoms with Gasteiger partial charge in [-0.05, 0) is 45.7 Å². The highest BCUT2D eigenvalue weighted by atomic mass is 16.5. The molecule has 0 bridgehead atoms. The normalized spacial score (nSPS) is 33.4. The first-order valence-electron chi connectivity index (χ1n) is 8.99. The smallest absolute Gasteiger partial charge is 0.223 e. The summed E-state index contributed by atoms with van der Waals surface area (Å²) >= 11 is 0. The van der Waals surface area contributed by atoms with Crippen LogP contribution in [0.1, 0.15) is 32.1 Å². The lowest BCUT2D eigenvalue weighted by atomic mass is 10.0. The largest absolute Gasteiger partial charge is 0.374 e. The van der Waals surface area contributed by atoms with Gasteiger partial charge in [0.15, 0.2) is 0 Å². The Bertz CT molecular complexity index is 438. The SMILES string of the molecule is CN(C)CCO[C@@H]1CC[C@H]2[C@H]1OCCN2C(=O)C[C@@H]1C=CCC1. The van der Waals surface area contributed by atoms with Crippen LogP contribution < -0.4 is 0 Å². The van der Waals surface area contributed by atoms with Crippen LogP contribution in [0.15, 0.2) is 12.2 Å². The summed E-state index contributed by atoms with van der Waals surface area (Å²) in [5.41, 5.74) is 0. The molecular formula is C18H30N2O3. The topological polar surface area (TPSA) is 42.0 Å². The molecule has 0 aromatic heterocycles. The van der Waals surface area contributed by atoms with Crippen molar-refractivity contribution in [3.8, 4) is 0 Å². The standard InChI is InChI=1S/C18H30N2O3/c1-19(2)9-11-22-16-8-7-15-18(16)23-12-10-20(15)17(21)13-14-5-3-4-6-14/h3,5,14-16,18H,4,6-13H2,1-2H3/t14-,15+,16-,18-/m1/s1. The molecule has 3 rings (SSSR count). The van der Waals surface area contributed by atoms with Gasteiger partial charge in [-0.25, -0.2) is 0 Å². The molecule has 1 aliphatic heterocycles. The van der Waals surface area contributed by atoms with Crippen molar-refractivity contribution >= 4 is 5.91 Å². The number of fused-ring (bicyclic) bond motifs is 1. The number of morpholine rings is 1. The van der Waals surface area contributed by atoms with Crippen molar-refractivity contribution in [2.75, 3.05) is 40.4 Å². The summed E-state index contributed by atoms with van der Waals surface area (Å²) in [6.07, 6.45) is 9.51. The lowest BCUT2D eigenvalue weighted by Crippen LogP contribution is -2.54. The van der Waals surface area contributed by atoms with E-state index in [1.807, 2.05) is 0 Å². The Hall–Kier alpha value is -0.910. The molecule has 5 nitrogen and oxygen atoms in total. The zero-order valence-electron chi connectivity index (χ0n) is 14.4. The summed E-state index contributed by atoms with van der Waals surface area (Å²) in [6.45, 7) is 3.03. The van der Waals surface area contributed by atoms with E-state index in [2.05, 4.69) is 36.0 Å². The number of amides is 1. The molecule has 3 aliphatic rings. The molecule has 2 aliphatic carbocycles. The van der Waals surface area contributed by atoms with E-state index in [1.54, 1.807) is 0 Å². The van der Waals surface area contributed by atoms with E-state index in [9.17, 15) is 4.79 Å². The second-order valence-electron chi connectivity index (χ2n) is 7.25. The van der Waals surface area contributed by atoms with Crippen LogP contribution in [-0.4, -0.2) is 74.4 Å². The van der Waals surface area contributed by atoms with E-state index in [0.29, 0.717) is 24.9 Å². The van der Waals surface area contributed by atoms with Crippen LogP contribution in [0.25, 0.3) is 0 Å². The summed E-state index contributed by atoms with van der Waals surface area (Å²) < 4.78 is 12.0. The Morgan fingerprint density at radius 2 is 2.22 bits per heavy atom. The fourth-order valence-electron chi connectivity index (χ4n) is 4.00. The van der Waals surface area contributed by atoms with Crippen molar-refractivity contribution in [2.45, 2.75) is 50.4 Å². The fraction of sp³-hybridized carbons (Fsp3) is 0.833. The molecule has 0 unspecified atom stereocenters. The van der Waals surface area contributed by atoms with Crippen molar-refractivity contribution in [2.24, 2.45) is 5.92 Å². The average Bonchev–Trinajstić information content (AvgIpc) is 3.16. The van der Waals surface area contributed by atoms with Crippen LogP contribution in [-0.2, 0) is 14.3 Å². The molecule has 1 saturated carbocycles. The summed E-state index contributed by atoms with van der Waals surface area (Å²) in [4.78, 5) is 16.9. The van der Waals surface area contributed by atoms with Crippen LogP contribution in [0, 0.1) is 5.92 Å². The summed E-state index contributed by atoms with van der Waals surface area (Å²) in [6, 6.07) is 0.214. The quantitative estimate of drug-likeness (QED) is 0.698. The molecule has 0 aromatic rings. The molecule has 0 spiro atoms. The first-order chi connectivity index (χ1) is 11.1. The van der Waals surface area contributed by atoms with Gasteiger partial charge < -0.3 is 19.3 Å². The third kappa shape index (κ3) is 4.14. The third-order valence-electron chi connectivity index (χ3n) is 5.28. The Labute approximate surface area is 139 Å². The maximum absolute atomic E-state index is 12.7. The first-order valence-corrected chi connectivity index (χ1v) is 8.99. The zero-order valence-corrected chi connectivity index (χ0v) is 14.4. The highest BCUT2D eigenvalue weighted by molar-refractivity contribution is 5.77. The van der Waals surface area contributed by atoms with Crippen molar-refractivity contribution in [1.29, 1.82) is 0 Å². The van der Waals surface area contributed by atoms with Crippen molar-refractivity contribution in [1.82, 2.24) is 9.80 Å². The summed E-state index contributed by atoms with van der Waals surface area (Å²) in [5, 5.41) is 0. The molecular weight excluding hydrogens is 292 g/mol.